The standard InChI is InChI=1S/C44H34F12N2O7/c1-18(2)57-34(60)23-10-8-21(14-27(23)36(57)62)33(59)22-9-11-24-28(15-22)37(63)58(35(24)61)32-13-20(4)26(17-31(32)40(65,43(51,52)53)44(54,55)56)25-16-30(29(12-19(25)3)38(5,6)7)39(64,41(45,46)47)42(48,49)50/h8-18,64-65H,1-7H3. The molecule has 2 aliphatic rings. The quantitative estimate of drug-likeness (QED) is 0.107. The Kier molecular flexibility index (Phi) is 11.1. The number of anilines is 1. The molecule has 6 rings (SSSR count). The highest BCUT2D eigenvalue weighted by Gasteiger charge is 2.74. The smallest absolute Gasteiger partial charge is 0.369 e. The highest BCUT2D eigenvalue weighted by atomic mass is 19.4. The van der Waals surface area contributed by atoms with Gasteiger partial charge in [-0.15, -0.1) is 0 Å². The maximum atomic E-state index is 14.8. The predicted octanol–water partition coefficient (Wildman–Crippen LogP) is 9.93. The van der Waals surface area contributed by atoms with Gasteiger partial charge in [0.05, 0.1) is 27.9 Å². The summed E-state index contributed by atoms with van der Waals surface area (Å²) in [5.74, 6) is -5.49. The van der Waals surface area contributed by atoms with E-state index in [2.05, 4.69) is 0 Å². The van der Waals surface area contributed by atoms with E-state index < -0.39 is 127 Å². The Morgan fingerprint density at radius 3 is 1.29 bits per heavy atom. The van der Waals surface area contributed by atoms with Crippen molar-refractivity contribution in [2.45, 2.75) is 95.8 Å². The summed E-state index contributed by atoms with van der Waals surface area (Å²) >= 11 is 0. The number of amides is 4. The lowest BCUT2D eigenvalue weighted by molar-refractivity contribution is -0.376. The Morgan fingerprint density at radius 1 is 0.492 bits per heavy atom. The monoisotopic (exact) mass is 930 g/mol. The molecule has 0 radical (unpaired) electrons. The van der Waals surface area contributed by atoms with Crippen molar-refractivity contribution in [3.05, 3.63) is 122 Å². The Bertz CT molecular complexity index is 2710. The SMILES string of the molecule is Cc1cc(N2C(=O)c3ccc(C(=O)c4ccc5c(c4)C(=O)N(C(C)C)C5=O)cc3C2=O)c(C(O)(C(F)(F)F)C(F)(F)F)cc1-c1cc(C(O)(C(F)(F)F)C(F)(F)F)c(C(C)(C)C)cc1C. The number of hydrogen-bond donors (Lipinski definition) is 2. The van der Waals surface area contributed by atoms with Crippen LogP contribution in [0.25, 0.3) is 11.1 Å². The molecule has 0 fully saturated rings. The van der Waals surface area contributed by atoms with E-state index in [1.165, 1.54) is 32.9 Å². The van der Waals surface area contributed by atoms with Crippen LogP contribution in [0.5, 0.6) is 0 Å². The lowest BCUT2D eigenvalue weighted by atomic mass is 9.75. The number of nitrogens with zero attached hydrogens (tertiary/aromatic N) is 2. The topological polar surface area (TPSA) is 132 Å². The number of carbonyl (C=O) groups excluding carboxylic acids is 5. The molecule has 4 aromatic rings. The van der Waals surface area contributed by atoms with Gasteiger partial charge in [-0.2, -0.15) is 52.7 Å². The van der Waals surface area contributed by atoms with Crippen molar-refractivity contribution in [2.75, 3.05) is 4.90 Å². The maximum absolute atomic E-state index is 14.8. The third-order valence-corrected chi connectivity index (χ3v) is 11.3. The number of ketones is 1. The largest absolute Gasteiger partial charge is 0.430 e. The molecule has 0 bridgehead atoms. The van der Waals surface area contributed by atoms with E-state index in [1.807, 2.05) is 0 Å². The van der Waals surface area contributed by atoms with Crippen LogP contribution in [0.15, 0.2) is 60.7 Å². The summed E-state index contributed by atoms with van der Waals surface area (Å²) in [6.07, 6.45) is -26.5. The first kappa shape index (κ1) is 48.4. The van der Waals surface area contributed by atoms with Gasteiger partial charge in [0.2, 0.25) is 0 Å². The maximum Gasteiger partial charge on any atom is 0.430 e. The fourth-order valence-corrected chi connectivity index (χ4v) is 7.95. The van der Waals surface area contributed by atoms with Crippen LogP contribution in [0.4, 0.5) is 58.4 Å². The molecule has 4 amide bonds. The summed E-state index contributed by atoms with van der Waals surface area (Å²) in [7, 11) is 0. The summed E-state index contributed by atoms with van der Waals surface area (Å²) in [6.45, 7) is 8.61. The van der Waals surface area contributed by atoms with Gasteiger partial charge in [0.1, 0.15) is 0 Å². The molecule has 0 aromatic heterocycles. The molecule has 346 valence electrons. The summed E-state index contributed by atoms with van der Waals surface area (Å²) in [5, 5.41) is 21.4. The second kappa shape index (κ2) is 15.0. The molecule has 2 aliphatic heterocycles. The zero-order valence-electron chi connectivity index (χ0n) is 34.7. The number of fused-ring (bicyclic) bond motifs is 2. The van der Waals surface area contributed by atoms with Crippen molar-refractivity contribution in [2.24, 2.45) is 0 Å². The van der Waals surface area contributed by atoms with Gasteiger partial charge in [0.25, 0.3) is 34.8 Å². The van der Waals surface area contributed by atoms with Crippen LogP contribution in [0.3, 0.4) is 0 Å². The Hall–Kier alpha value is -6.09. The summed E-state index contributed by atoms with van der Waals surface area (Å²) in [6, 6.07) is 6.61. The van der Waals surface area contributed by atoms with Crippen molar-refractivity contribution in [1.29, 1.82) is 0 Å². The zero-order valence-corrected chi connectivity index (χ0v) is 34.7. The van der Waals surface area contributed by atoms with Crippen molar-refractivity contribution in [3.63, 3.8) is 0 Å². The number of carbonyl (C=O) groups is 5. The number of halogens is 12. The van der Waals surface area contributed by atoms with Gasteiger partial charge in [-0.25, -0.2) is 4.90 Å². The van der Waals surface area contributed by atoms with Crippen LogP contribution in [0.1, 0.15) is 120 Å². The van der Waals surface area contributed by atoms with Gasteiger partial charge < -0.3 is 10.2 Å². The molecule has 0 spiro atoms. The number of aryl methyl sites for hydroxylation is 2. The van der Waals surface area contributed by atoms with E-state index >= 15 is 0 Å². The molecular formula is C44H34F12N2O7. The van der Waals surface area contributed by atoms with Crippen LogP contribution in [0.2, 0.25) is 0 Å². The van der Waals surface area contributed by atoms with Gasteiger partial charge in [0, 0.05) is 28.3 Å². The Morgan fingerprint density at radius 2 is 0.862 bits per heavy atom. The van der Waals surface area contributed by atoms with Gasteiger partial charge >= 0.3 is 24.7 Å². The van der Waals surface area contributed by atoms with Crippen molar-refractivity contribution < 1.29 is 86.9 Å². The molecule has 2 heterocycles. The van der Waals surface area contributed by atoms with Crippen LogP contribution in [-0.2, 0) is 16.6 Å². The molecule has 0 unspecified atom stereocenters. The van der Waals surface area contributed by atoms with Gasteiger partial charge in [-0.3, -0.25) is 28.9 Å². The predicted molar refractivity (Wildman–Crippen MR) is 205 cm³/mol. The summed E-state index contributed by atoms with van der Waals surface area (Å²) in [5.41, 5.74) is -24.7. The third kappa shape index (κ3) is 7.26. The third-order valence-electron chi connectivity index (χ3n) is 11.3. The second-order valence-electron chi connectivity index (χ2n) is 16.9. The van der Waals surface area contributed by atoms with Gasteiger partial charge in [0.15, 0.2) is 5.78 Å². The molecule has 2 N–H and O–H groups in total. The minimum atomic E-state index is -6.75. The lowest BCUT2D eigenvalue weighted by Gasteiger charge is -2.38. The molecule has 21 heteroatoms. The molecule has 0 atom stereocenters. The molecule has 9 nitrogen and oxygen atoms in total. The number of aliphatic hydroxyl groups is 2. The Labute approximate surface area is 360 Å². The molecule has 0 saturated carbocycles. The van der Waals surface area contributed by atoms with Crippen molar-refractivity contribution in [3.8, 4) is 11.1 Å². The minimum Gasteiger partial charge on any atom is -0.369 e. The number of imide groups is 2. The number of rotatable bonds is 7. The minimum absolute atomic E-state index is 0.0259. The number of benzene rings is 4. The first-order valence-corrected chi connectivity index (χ1v) is 19.1. The van der Waals surface area contributed by atoms with E-state index in [9.17, 15) is 86.9 Å². The molecule has 4 aromatic carbocycles. The highest BCUT2D eigenvalue weighted by Crippen LogP contribution is 2.56. The van der Waals surface area contributed by atoms with Crippen LogP contribution in [0, 0.1) is 13.8 Å². The molecular weight excluding hydrogens is 896 g/mol. The number of hydrogen-bond acceptors (Lipinski definition) is 7. The molecule has 0 aliphatic carbocycles. The number of alkyl halides is 12. The van der Waals surface area contributed by atoms with E-state index in [0.717, 1.165) is 49.1 Å². The summed E-state index contributed by atoms with van der Waals surface area (Å²) < 4.78 is 175. The summed E-state index contributed by atoms with van der Waals surface area (Å²) in [4.78, 5) is 68.1. The van der Waals surface area contributed by atoms with E-state index in [0.29, 0.717) is 6.07 Å². The molecule has 0 saturated heterocycles. The second-order valence-corrected chi connectivity index (χ2v) is 16.9. The average molecular weight is 931 g/mol. The van der Waals surface area contributed by atoms with Crippen molar-refractivity contribution in [1.82, 2.24) is 4.90 Å². The van der Waals surface area contributed by atoms with E-state index in [1.54, 1.807) is 13.8 Å². The molecule has 65 heavy (non-hydrogen) atoms. The average Bonchev–Trinajstić information content (AvgIpc) is 3.57. The lowest BCUT2D eigenvalue weighted by Crippen LogP contribution is -2.55. The normalized spacial score (nSPS) is 15.4. The Balaban J connectivity index is 1.56. The van der Waals surface area contributed by atoms with Crippen LogP contribution in [-0.4, -0.2) is 75.3 Å². The van der Waals surface area contributed by atoms with Crippen LogP contribution >= 0.6 is 0 Å². The fourth-order valence-electron chi connectivity index (χ4n) is 7.95. The van der Waals surface area contributed by atoms with Crippen LogP contribution < -0.4 is 4.90 Å². The first-order valence-electron chi connectivity index (χ1n) is 19.1. The van der Waals surface area contributed by atoms with E-state index in [4.69, 9.17) is 0 Å². The fraction of sp³-hybridized carbons (Fsp3) is 0.341. The highest BCUT2D eigenvalue weighted by molar-refractivity contribution is 6.35. The zero-order chi connectivity index (χ0) is 49.3. The van der Waals surface area contributed by atoms with Crippen molar-refractivity contribution >= 4 is 35.1 Å². The van der Waals surface area contributed by atoms with Gasteiger partial charge in [-0.05, 0) is 103 Å². The van der Waals surface area contributed by atoms with E-state index in [-0.39, 0.29) is 44.8 Å². The van der Waals surface area contributed by atoms with Gasteiger partial charge in [-0.1, -0.05) is 39.0 Å². The first-order chi connectivity index (χ1) is 29.4.